The molecule has 0 saturated carbocycles. The molecule has 102 valence electrons. The molecule has 1 rings (SSSR count). The number of ether oxygens (including phenoxy) is 2. The highest BCUT2D eigenvalue weighted by molar-refractivity contribution is 5.98. The minimum atomic E-state index is -0.692. The molecule has 3 atom stereocenters. The molecule has 0 N–H and O–H groups in total. The molecule has 1 saturated heterocycles. The van der Waals surface area contributed by atoms with Crippen molar-refractivity contribution in [1.29, 1.82) is 0 Å². The van der Waals surface area contributed by atoms with Gasteiger partial charge in [0.2, 0.25) is 0 Å². The highest BCUT2D eigenvalue weighted by atomic mass is 16.6. The Kier molecular flexibility index (Phi) is 5.31. The number of hydrogen-bond acceptors (Lipinski definition) is 5. The van der Waals surface area contributed by atoms with Gasteiger partial charge < -0.3 is 9.47 Å². The van der Waals surface area contributed by atoms with Crippen molar-refractivity contribution >= 4 is 17.9 Å². The van der Waals surface area contributed by atoms with Crippen LogP contribution in [0.5, 0.6) is 0 Å². The molecule has 5 nitrogen and oxygen atoms in total. The number of unbranched alkanes of at least 4 members (excludes halogenated alkanes) is 1. The van der Waals surface area contributed by atoms with E-state index in [2.05, 4.69) is 4.74 Å². The van der Waals surface area contributed by atoms with E-state index in [0.717, 1.165) is 12.8 Å². The summed E-state index contributed by atoms with van der Waals surface area (Å²) in [6.07, 6.45) is 2.28. The van der Waals surface area contributed by atoms with Gasteiger partial charge in [0, 0.05) is 0 Å². The van der Waals surface area contributed by atoms with Crippen molar-refractivity contribution < 1.29 is 23.9 Å². The van der Waals surface area contributed by atoms with Crippen LogP contribution in [0, 0.1) is 17.8 Å². The Bertz CT molecular complexity index is 336. The zero-order chi connectivity index (χ0) is 13.7. The Hall–Kier alpha value is -1.39. The van der Waals surface area contributed by atoms with Crippen LogP contribution < -0.4 is 0 Å². The van der Waals surface area contributed by atoms with E-state index in [1.165, 1.54) is 0 Å². The number of carbonyl (C=O) groups is 3. The number of carbonyl (C=O) groups excluding carboxylic acids is 3. The number of rotatable bonds is 6. The van der Waals surface area contributed by atoms with Gasteiger partial charge in [0.05, 0.1) is 24.4 Å². The van der Waals surface area contributed by atoms with Crippen molar-refractivity contribution in [3.05, 3.63) is 0 Å². The maximum Gasteiger partial charge on any atom is 0.318 e. The van der Waals surface area contributed by atoms with Gasteiger partial charge in [-0.3, -0.25) is 14.4 Å². The first-order chi connectivity index (χ1) is 8.52. The van der Waals surface area contributed by atoms with E-state index in [0.29, 0.717) is 6.42 Å². The van der Waals surface area contributed by atoms with Gasteiger partial charge in [-0.2, -0.15) is 0 Å². The summed E-state index contributed by atoms with van der Waals surface area (Å²) in [6, 6.07) is 0. The molecule has 0 aromatic rings. The Labute approximate surface area is 107 Å². The van der Waals surface area contributed by atoms with Crippen molar-refractivity contribution in [2.45, 2.75) is 40.0 Å². The molecule has 1 aliphatic heterocycles. The van der Waals surface area contributed by atoms with Crippen molar-refractivity contribution in [3.63, 3.8) is 0 Å². The van der Waals surface area contributed by atoms with Gasteiger partial charge in [-0.1, -0.05) is 26.7 Å². The second kappa shape index (κ2) is 6.52. The SMILES string of the molecule is CCCCC(C(=O)OCC)C1C(=O)OC(=O)C1C. The average molecular weight is 256 g/mol. The Morgan fingerprint density at radius 3 is 2.44 bits per heavy atom. The van der Waals surface area contributed by atoms with E-state index in [-0.39, 0.29) is 6.61 Å². The van der Waals surface area contributed by atoms with Crippen LogP contribution in [0.3, 0.4) is 0 Å². The molecule has 0 radical (unpaired) electrons. The minimum absolute atomic E-state index is 0.269. The predicted octanol–water partition coefficient (Wildman–Crippen LogP) is 1.69. The summed E-state index contributed by atoms with van der Waals surface area (Å²) < 4.78 is 9.58. The first-order valence-corrected chi connectivity index (χ1v) is 6.45. The largest absolute Gasteiger partial charge is 0.466 e. The zero-order valence-electron chi connectivity index (χ0n) is 11.1. The van der Waals surface area contributed by atoms with Gasteiger partial charge in [0.25, 0.3) is 0 Å². The Morgan fingerprint density at radius 1 is 1.33 bits per heavy atom. The van der Waals surface area contributed by atoms with Crippen molar-refractivity contribution in [2.24, 2.45) is 17.8 Å². The summed E-state index contributed by atoms with van der Waals surface area (Å²) in [5, 5.41) is 0. The third-order valence-electron chi connectivity index (χ3n) is 3.28. The van der Waals surface area contributed by atoms with Crippen LogP contribution >= 0.6 is 0 Å². The van der Waals surface area contributed by atoms with E-state index in [1.807, 2.05) is 6.92 Å². The van der Waals surface area contributed by atoms with Crippen LogP contribution in [-0.4, -0.2) is 24.5 Å². The fraction of sp³-hybridized carbons (Fsp3) is 0.769. The second-order valence-electron chi connectivity index (χ2n) is 4.56. The van der Waals surface area contributed by atoms with E-state index >= 15 is 0 Å². The third kappa shape index (κ3) is 3.09. The first-order valence-electron chi connectivity index (χ1n) is 6.45. The molecule has 5 heteroatoms. The molecular formula is C13H20O5. The molecule has 18 heavy (non-hydrogen) atoms. The molecule has 1 heterocycles. The van der Waals surface area contributed by atoms with Crippen LogP contribution in [0.2, 0.25) is 0 Å². The highest BCUT2D eigenvalue weighted by Gasteiger charge is 2.48. The number of hydrogen-bond donors (Lipinski definition) is 0. The lowest BCUT2D eigenvalue weighted by Crippen LogP contribution is -2.32. The predicted molar refractivity (Wildman–Crippen MR) is 63.4 cm³/mol. The molecule has 1 fully saturated rings. The maximum atomic E-state index is 11.9. The Balaban J connectivity index is 2.84. The molecule has 0 amide bonds. The normalized spacial score (nSPS) is 24.8. The van der Waals surface area contributed by atoms with Gasteiger partial charge >= 0.3 is 17.9 Å². The number of esters is 3. The van der Waals surface area contributed by atoms with Crippen LogP contribution in [0.1, 0.15) is 40.0 Å². The van der Waals surface area contributed by atoms with Crippen molar-refractivity contribution in [3.8, 4) is 0 Å². The van der Waals surface area contributed by atoms with Crippen LogP contribution in [0.15, 0.2) is 0 Å². The second-order valence-corrected chi connectivity index (χ2v) is 4.56. The summed E-state index contributed by atoms with van der Waals surface area (Å²) in [5.74, 6) is -3.38. The zero-order valence-corrected chi connectivity index (χ0v) is 11.1. The van der Waals surface area contributed by atoms with Gasteiger partial charge in [0.15, 0.2) is 0 Å². The van der Waals surface area contributed by atoms with Crippen molar-refractivity contribution in [1.82, 2.24) is 0 Å². The lowest BCUT2D eigenvalue weighted by atomic mass is 9.81. The lowest BCUT2D eigenvalue weighted by Gasteiger charge is -2.20. The van der Waals surface area contributed by atoms with Gasteiger partial charge in [0.1, 0.15) is 0 Å². The van der Waals surface area contributed by atoms with Gasteiger partial charge in [-0.05, 0) is 13.3 Å². The van der Waals surface area contributed by atoms with Crippen LogP contribution in [0.25, 0.3) is 0 Å². The smallest absolute Gasteiger partial charge is 0.318 e. The van der Waals surface area contributed by atoms with E-state index in [9.17, 15) is 14.4 Å². The molecule has 1 aliphatic rings. The number of cyclic esters (lactones) is 2. The summed E-state index contributed by atoms with van der Waals surface area (Å²) in [4.78, 5) is 34.9. The summed E-state index contributed by atoms with van der Waals surface area (Å²) >= 11 is 0. The molecule has 0 aliphatic carbocycles. The van der Waals surface area contributed by atoms with Crippen LogP contribution in [-0.2, 0) is 23.9 Å². The van der Waals surface area contributed by atoms with E-state index < -0.39 is 35.7 Å². The first kappa shape index (κ1) is 14.7. The fourth-order valence-corrected chi connectivity index (χ4v) is 2.24. The van der Waals surface area contributed by atoms with Crippen molar-refractivity contribution in [2.75, 3.05) is 6.61 Å². The molecule has 0 bridgehead atoms. The minimum Gasteiger partial charge on any atom is -0.466 e. The molecule has 0 spiro atoms. The summed E-state index contributed by atoms with van der Waals surface area (Å²) in [5.41, 5.74) is 0. The molecule has 3 unspecified atom stereocenters. The van der Waals surface area contributed by atoms with Crippen LogP contribution in [0.4, 0.5) is 0 Å². The fourth-order valence-electron chi connectivity index (χ4n) is 2.24. The summed E-state index contributed by atoms with van der Waals surface area (Å²) in [6.45, 7) is 5.61. The van der Waals surface area contributed by atoms with Gasteiger partial charge in [-0.15, -0.1) is 0 Å². The molecular weight excluding hydrogens is 236 g/mol. The van der Waals surface area contributed by atoms with E-state index in [4.69, 9.17) is 4.74 Å². The summed E-state index contributed by atoms with van der Waals surface area (Å²) in [7, 11) is 0. The standard InChI is InChI=1S/C13H20O5/c1-4-6-7-9(12(15)17-5-2)10-8(3)11(14)18-13(10)16/h8-10H,4-7H2,1-3H3. The topological polar surface area (TPSA) is 69.7 Å². The maximum absolute atomic E-state index is 11.9. The Morgan fingerprint density at radius 2 is 2.00 bits per heavy atom. The quantitative estimate of drug-likeness (QED) is 0.534. The monoisotopic (exact) mass is 256 g/mol. The lowest BCUT2D eigenvalue weighted by molar-refractivity contribution is -0.158. The van der Waals surface area contributed by atoms with E-state index in [1.54, 1.807) is 13.8 Å². The third-order valence-corrected chi connectivity index (χ3v) is 3.28. The molecule has 0 aromatic heterocycles. The average Bonchev–Trinajstić information content (AvgIpc) is 2.56. The molecule has 0 aromatic carbocycles. The van der Waals surface area contributed by atoms with Gasteiger partial charge in [-0.25, -0.2) is 0 Å². The highest BCUT2D eigenvalue weighted by Crippen LogP contribution is 2.33.